The van der Waals surface area contributed by atoms with Gasteiger partial charge in [0, 0.05) is 19.8 Å². The highest BCUT2D eigenvalue weighted by molar-refractivity contribution is 6.60. The van der Waals surface area contributed by atoms with Crippen LogP contribution in [0.2, 0.25) is 6.04 Å². The van der Waals surface area contributed by atoms with Gasteiger partial charge >= 0.3 is 8.80 Å². The summed E-state index contributed by atoms with van der Waals surface area (Å²) in [5.74, 6) is 0. The number of hydrogen-bond donors (Lipinski definition) is 0. The third kappa shape index (κ3) is 9.26. The summed E-state index contributed by atoms with van der Waals surface area (Å²) >= 11 is 0. The summed E-state index contributed by atoms with van der Waals surface area (Å²) in [7, 11) is -2.46. The fraction of sp³-hybridized carbons (Fsp3) is 0.882. The number of nitrogens with zero attached hydrogens (tertiary/aromatic N) is 4. The standard InChI is InChI=1S/C15H34NO3Si.C2N3/c1-5-16(12-10-9-11-13-16)14-15-20(17-6-2,18-7-3)19-8-4;3-1-5-2-4/h5-15H2,1-4H3;/q+1;-1. The zero-order chi connectivity index (χ0) is 19.0. The molecule has 0 radical (unpaired) electrons. The van der Waals surface area contributed by atoms with E-state index in [0.29, 0.717) is 19.8 Å². The van der Waals surface area contributed by atoms with Crippen molar-refractivity contribution >= 4 is 14.8 Å². The molecule has 0 saturated carbocycles. The van der Waals surface area contributed by atoms with Gasteiger partial charge in [-0.1, -0.05) is 0 Å². The molecule has 1 rings (SSSR count). The summed E-state index contributed by atoms with van der Waals surface area (Å²) in [6, 6.07) is 2.24. The second-order valence-electron chi connectivity index (χ2n) is 5.93. The number of piperidine rings is 1. The van der Waals surface area contributed by atoms with Gasteiger partial charge in [-0.25, -0.2) is 0 Å². The van der Waals surface area contributed by atoms with Crippen LogP contribution in [0.3, 0.4) is 0 Å². The maximum Gasteiger partial charge on any atom is 0.506 e. The van der Waals surface area contributed by atoms with Gasteiger partial charge in [0.2, 0.25) is 0 Å². The normalized spacial score (nSPS) is 16.1. The van der Waals surface area contributed by atoms with E-state index < -0.39 is 8.80 Å². The van der Waals surface area contributed by atoms with Gasteiger partial charge in [-0.2, -0.15) is 5.26 Å². The van der Waals surface area contributed by atoms with E-state index in [1.54, 1.807) is 0 Å². The Balaban J connectivity index is 0.00000101. The van der Waals surface area contributed by atoms with Gasteiger partial charge in [0.25, 0.3) is 0 Å². The number of aliphatic imine (C=N–C) groups is 1. The van der Waals surface area contributed by atoms with E-state index in [1.807, 2.05) is 20.8 Å². The van der Waals surface area contributed by atoms with Crippen molar-refractivity contribution in [3.63, 3.8) is 0 Å². The van der Waals surface area contributed by atoms with Crippen LogP contribution < -0.4 is 0 Å². The van der Waals surface area contributed by atoms with Gasteiger partial charge in [-0.05, 0) is 47.0 Å². The van der Waals surface area contributed by atoms with Gasteiger partial charge in [-0.15, -0.1) is 6.01 Å². The lowest BCUT2D eigenvalue weighted by molar-refractivity contribution is -0.929. The number of quaternary nitrogens is 1. The van der Waals surface area contributed by atoms with E-state index in [1.165, 1.54) is 55.6 Å². The first-order valence-electron chi connectivity index (χ1n) is 9.32. The number of likely N-dealkylation sites (tertiary alicyclic amines) is 1. The zero-order valence-corrected chi connectivity index (χ0v) is 17.3. The minimum absolute atomic E-state index is 0.679. The Morgan fingerprint density at radius 2 is 1.52 bits per heavy atom. The van der Waals surface area contributed by atoms with E-state index in [-0.39, 0.29) is 0 Å². The second kappa shape index (κ2) is 14.1. The van der Waals surface area contributed by atoms with Crippen molar-refractivity contribution < 1.29 is 17.8 Å². The minimum Gasteiger partial charge on any atom is -0.422 e. The van der Waals surface area contributed by atoms with Crippen LogP contribution in [-0.2, 0) is 13.3 Å². The monoisotopic (exact) mass is 370 g/mol. The van der Waals surface area contributed by atoms with Crippen molar-refractivity contribution in [2.45, 2.75) is 53.0 Å². The number of nitriles is 1. The fourth-order valence-electron chi connectivity index (χ4n) is 3.28. The van der Waals surface area contributed by atoms with Crippen LogP contribution in [0.25, 0.3) is 5.41 Å². The maximum absolute atomic E-state index is 7.43. The average molecular weight is 371 g/mol. The van der Waals surface area contributed by atoms with Crippen molar-refractivity contribution in [1.82, 2.24) is 0 Å². The molecule has 0 aromatic carbocycles. The SMILES string of the molecule is CCO[Si](CC[N+]1(CC)CCCCC1)(OCC)OCC.N#CN=C=[N-]. The molecule has 0 atom stereocenters. The Bertz CT molecular complexity index is 413. The second-order valence-corrected chi connectivity index (χ2v) is 8.67. The van der Waals surface area contributed by atoms with E-state index >= 15 is 0 Å². The molecule has 1 heterocycles. The predicted molar refractivity (Wildman–Crippen MR) is 101 cm³/mol. The van der Waals surface area contributed by atoms with Crippen LogP contribution >= 0.6 is 0 Å². The molecule has 0 aromatic heterocycles. The summed E-state index contributed by atoms with van der Waals surface area (Å²) in [5.41, 5.74) is 0. The van der Waals surface area contributed by atoms with Crippen LogP contribution in [0.5, 0.6) is 0 Å². The minimum atomic E-state index is -2.46. The van der Waals surface area contributed by atoms with E-state index in [9.17, 15) is 0 Å². The quantitative estimate of drug-likeness (QED) is 0.256. The van der Waals surface area contributed by atoms with Crippen LogP contribution in [0.1, 0.15) is 47.0 Å². The topological polar surface area (TPSA) is 86.1 Å². The molecule has 8 heteroatoms. The van der Waals surface area contributed by atoms with E-state index in [2.05, 4.69) is 11.9 Å². The largest absolute Gasteiger partial charge is 0.506 e. The van der Waals surface area contributed by atoms with Crippen LogP contribution in [-0.4, -0.2) is 65.3 Å². The van der Waals surface area contributed by atoms with Gasteiger partial charge in [0.15, 0.2) is 0 Å². The zero-order valence-electron chi connectivity index (χ0n) is 16.3. The van der Waals surface area contributed by atoms with Crippen molar-refractivity contribution in [2.75, 3.05) is 46.0 Å². The lowest BCUT2D eigenvalue weighted by atomic mass is 10.1. The van der Waals surface area contributed by atoms with Crippen molar-refractivity contribution in [1.29, 1.82) is 5.26 Å². The fourth-order valence-corrected chi connectivity index (χ4v) is 6.03. The highest BCUT2D eigenvalue weighted by Gasteiger charge is 2.43. The number of rotatable bonds is 10. The summed E-state index contributed by atoms with van der Waals surface area (Å²) in [6.07, 6.45) is 5.40. The first-order chi connectivity index (χ1) is 12.1. The Labute approximate surface area is 154 Å². The molecule has 0 amide bonds. The molecular formula is C17H34N4O3Si. The lowest BCUT2D eigenvalue weighted by Gasteiger charge is -2.42. The van der Waals surface area contributed by atoms with E-state index in [0.717, 1.165) is 12.6 Å². The van der Waals surface area contributed by atoms with Crippen LogP contribution in [0.15, 0.2) is 4.99 Å². The predicted octanol–water partition coefficient (Wildman–Crippen LogP) is 3.27. The molecule has 1 aliphatic rings. The lowest BCUT2D eigenvalue weighted by Crippen LogP contribution is -2.56. The van der Waals surface area contributed by atoms with Crippen molar-refractivity contribution in [3.8, 4) is 6.19 Å². The first-order valence-corrected chi connectivity index (χ1v) is 11.3. The molecule has 0 aliphatic carbocycles. The summed E-state index contributed by atoms with van der Waals surface area (Å²) in [6.45, 7) is 15.4. The molecule has 25 heavy (non-hydrogen) atoms. The van der Waals surface area contributed by atoms with Crippen molar-refractivity contribution in [2.24, 2.45) is 4.99 Å². The molecular weight excluding hydrogens is 336 g/mol. The number of hydrogen-bond acceptors (Lipinski definition) is 5. The molecule has 0 bridgehead atoms. The van der Waals surface area contributed by atoms with Crippen LogP contribution in [0.4, 0.5) is 0 Å². The molecule has 0 spiro atoms. The van der Waals surface area contributed by atoms with Crippen molar-refractivity contribution in [3.05, 3.63) is 5.41 Å². The van der Waals surface area contributed by atoms with E-state index in [4.69, 9.17) is 23.9 Å². The Hall–Kier alpha value is -1.07. The highest BCUT2D eigenvalue weighted by Crippen LogP contribution is 2.24. The summed E-state index contributed by atoms with van der Waals surface area (Å²) < 4.78 is 19.2. The first kappa shape index (κ1) is 23.9. The molecule has 0 aromatic rings. The molecule has 0 N–H and O–H groups in total. The third-order valence-electron chi connectivity index (χ3n) is 4.52. The molecule has 1 aliphatic heterocycles. The molecule has 144 valence electrons. The Morgan fingerprint density at radius 1 is 1.00 bits per heavy atom. The maximum atomic E-state index is 7.43. The highest BCUT2D eigenvalue weighted by atomic mass is 28.4. The molecule has 7 nitrogen and oxygen atoms in total. The molecule has 1 saturated heterocycles. The van der Waals surface area contributed by atoms with Gasteiger partial charge in [0.1, 0.15) is 0 Å². The average Bonchev–Trinajstić information content (AvgIpc) is 2.63. The summed E-state index contributed by atoms with van der Waals surface area (Å²) in [4.78, 5) is 2.58. The Kier molecular flexibility index (Phi) is 13.5. The third-order valence-corrected chi connectivity index (χ3v) is 7.54. The summed E-state index contributed by atoms with van der Waals surface area (Å²) in [5, 5.41) is 14.9. The smallest absolute Gasteiger partial charge is 0.422 e. The van der Waals surface area contributed by atoms with Gasteiger partial charge in [0.05, 0.1) is 38.4 Å². The van der Waals surface area contributed by atoms with Crippen LogP contribution in [0, 0.1) is 11.5 Å². The molecule has 1 fully saturated rings. The van der Waals surface area contributed by atoms with Gasteiger partial charge in [-0.3, -0.25) is 0 Å². The molecule has 0 unspecified atom stereocenters. The van der Waals surface area contributed by atoms with Gasteiger partial charge < -0.3 is 28.2 Å². The Morgan fingerprint density at radius 3 is 1.84 bits per heavy atom.